The first-order valence-corrected chi connectivity index (χ1v) is 10.8. The standard InChI is InChI=1S/C23H22N2O4S/c26-20-5-1-16(2-6-20)22(27)17-9-11-25(12-10-17)23(28)18-3-7-21(8-4-18)29-13-19-14-30-15-24-19/h1-8,14-15,17,26H,9-13H2. The molecule has 7 heteroatoms. The molecule has 1 aliphatic rings. The Kier molecular flexibility index (Phi) is 6.09. The van der Waals surface area contributed by atoms with Crippen LogP contribution in [-0.2, 0) is 6.61 Å². The van der Waals surface area contributed by atoms with Gasteiger partial charge in [0, 0.05) is 35.5 Å². The Hall–Kier alpha value is -3.19. The summed E-state index contributed by atoms with van der Waals surface area (Å²) in [6, 6.07) is 13.5. The number of nitrogens with zero attached hydrogens (tertiary/aromatic N) is 2. The molecule has 6 nitrogen and oxygen atoms in total. The van der Waals surface area contributed by atoms with Crippen LogP contribution in [0.3, 0.4) is 0 Å². The number of hydrogen-bond acceptors (Lipinski definition) is 6. The van der Waals surface area contributed by atoms with Crippen LogP contribution in [0.1, 0.15) is 39.3 Å². The van der Waals surface area contributed by atoms with E-state index in [0.29, 0.717) is 49.4 Å². The minimum Gasteiger partial charge on any atom is -0.508 e. The molecule has 154 valence electrons. The molecule has 1 aromatic heterocycles. The number of likely N-dealkylation sites (tertiary alicyclic amines) is 1. The Morgan fingerprint density at radius 1 is 1.03 bits per heavy atom. The van der Waals surface area contributed by atoms with E-state index >= 15 is 0 Å². The molecule has 0 unspecified atom stereocenters. The normalized spacial score (nSPS) is 14.5. The number of Topliss-reactive ketones (excluding diaryl/α,β-unsaturated/α-hetero) is 1. The summed E-state index contributed by atoms with van der Waals surface area (Å²) in [7, 11) is 0. The number of piperidine rings is 1. The summed E-state index contributed by atoms with van der Waals surface area (Å²) in [4.78, 5) is 31.4. The van der Waals surface area contributed by atoms with Crippen LogP contribution >= 0.6 is 11.3 Å². The maximum atomic E-state index is 12.8. The van der Waals surface area contributed by atoms with Gasteiger partial charge in [0.25, 0.3) is 5.91 Å². The van der Waals surface area contributed by atoms with Crippen molar-refractivity contribution in [2.24, 2.45) is 5.92 Å². The number of thiazole rings is 1. The van der Waals surface area contributed by atoms with Gasteiger partial charge in [-0.15, -0.1) is 11.3 Å². The SMILES string of the molecule is O=C(c1ccc(O)cc1)C1CCN(C(=O)c2ccc(OCc3cscn3)cc2)CC1. The molecule has 1 aliphatic heterocycles. The van der Waals surface area contributed by atoms with Crippen LogP contribution in [0.15, 0.2) is 59.4 Å². The first-order chi connectivity index (χ1) is 14.6. The van der Waals surface area contributed by atoms with Gasteiger partial charge < -0.3 is 14.7 Å². The summed E-state index contributed by atoms with van der Waals surface area (Å²) < 4.78 is 5.69. The van der Waals surface area contributed by atoms with E-state index in [1.165, 1.54) is 23.5 Å². The van der Waals surface area contributed by atoms with E-state index in [1.54, 1.807) is 46.8 Å². The van der Waals surface area contributed by atoms with Gasteiger partial charge in [-0.05, 0) is 61.4 Å². The lowest BCUT2D eigenvalue weighted by atomic mass is 9.88. The van der Waals surface area contributed by atoms with E-state index in [1.807, 2.05) is 5.38 Å². The highest BCUT2D eigenvalue weighted by molar-refractivity contribution is 7.07. The first-order valence-electron chi connectivity index (χ1n) is 9.82. The highest BCUT2D eigenvalue weighted by Gasteiger charge is 2.28. The predicted octanol–water partition coefficient (Wildman–Crippen LogP) is 4.16. The maximum Gasteiger partial charge on any atom is 0.253 e. The number of phenolic OH excluding ortho intramolecular Hbond substituents is 1. The highest BCUT2D eigenvalue weighted by Crippen LogP contribution is 2.24. The number of carbonyl (C=O) groups excluding carboxylic acids is 2. The molecular formula is C23H22N2O4S. The lowest BCUT2D eigenvalue weighted by Crippen LogP contribution is -2.40. The van der Waals surface area contributed by atoms with Crippen molar-refractivity contribution in [2.75, 3.05) is 13.1 Å². The zero-order valence-corrected chi connectivity index (χ0v) is 17.2. The lowest BCUT2D eigenvalue weighted by molar-refractivity contribution is 0.0650. The van der Waals surface area contributed by atoms with Gasteiger partial charge in [-0.1, -0.05) is 0 Å². The van der Waals surface area contributed by atoms with Crippen molar-refractivity contribution in [3.8, 4) is 11.5 Å². The second kappa shape index (κ2) is 9.09. The van der Waals surface area contributed by atoms with E-state index in [9.17, 15) is 14.7 Å². The van der Waals surface area contributed by atoms with E-state index in [-0.39, 0.29) is 23.4 Å². The van der Waals surface area contributed by atoms with Gasteiger partial charge in [0.2, 0.25) is 0 Å². The van der Waals surface area contributed by atoms with Gasteiger partial charge in [0.05, 0.1) is 11.2 Å². The number of benzene rings is 2. The van der Waals surface area contributed by atoms with Gasteiger partial charge >= 0.3 is 0 Å². The molecule has 0 spiro atoms. The van der Waals surface area contributed by atoms with Crippen LogP contribution in [0.4, 0.5) is 0 Å². The van der Waals surface area contributed by atoms with Crippen LogP contribution in [0.5, 0.6) is 11.5 Å². The second-order valence-corrected chi connectivity index (χ2v) is 7.99. The van der Waals surface area contributed by atoms with Crippen LogP contribution in [-0.4, -0.2) is 39.8 Å². The number of ketones is 1. The maximum absolute atomic E-state index is 12.8. The average molecular weight is 423 g/mol. The second-order valence-electron chi connectivity index (χ2n) is 7.27. The summed E-state index contributed by atoms with van der Waals surface area (Å²) in [5.74, 6) is 0.782. The largest absolute Gasteiger partial charge is 0.508 e. The predicted molar refractivity (Wildman–Crippen MR) is 114 cm³/mol. The molecule has 1 fully saturated rings. The van der Waals surface area contributed by atoms with Crippen molar-refractivity contribution in [3.63, 3.8) is 0 Å². The average Bonchev–Trinajstić information content (AvgIpc) is 3.31. The quantitative estimate of drug-likeness (QED) is 0.604. The van der Waals surface area contributed by atoms with Gasteiger partial charge in [-0.3, -0.25) is 9.59 Å². The number of aromatic hydroxyl groups is 1. The third kappa shape index (κ3) is 4.68. The van der Waals surface area contributed by atoms with Crippen LogP contribution in [0.25, 0.3) is 0 Å². The van der Waals surface area contributed by atoms with Gasteiger partial charge in [0.15, 0.2) is 5.78 Å². The van der Waals surface area contributed by atoms with Crippen molar-refractivity contribution in [1.29, 1.82) is 0 Å². The number of aromatic nitrogens is 1. The van der Waals surface area contributed by atoms with Crippen molar-refractivity contribution in [2.45, 2.75) is 19.4 Å². The molecule has 0 saturated carbocycles. The smallest absolute Gasteiger partial charge is 0.253 e. The van der Waals surface area contributed by atoms with Crippen molar-refractivity contribution >= 4 is 23.0 Å². The topological polar surface area (TPSA) is 79.7 Å². The number of amides is 1. The zero-order valence-electron chi connectivity index (χ0n) is 16.4. The summed E-state index contributed by atoms with van der Waals surface area (Å²) in [6.07, 6.45) is 1.28. The first kappa shape index (κ1) is 20.1. The fraction of sp³-hybridized carbons (Fsp3) is 0.261. The summed E-state index contributed by atoms with van der Waals surface area (Å²) in [5.41, 5.74) is 3.86. The number of hydrogen-bond donors (Lipinski definition) is 1. The summed E-state index contributed by atoms with van der Waals surface area (Å²) in [6.45, 7) is 1.50. The zero-order chi connectivity index (χ0) is 20.9. The minimum atomic E-state index is -0.0971. The molecule has 0 radical (unpaired) electrons. The molecule has 4 rings (SSSR count). The summed E-state index contributed by atoms with van der Waals surface area (Å²) in [5, 5.41) is 11.3. The third-order valence-corrected chi connectivity index (χ3v) is 5.91. The molecule has 2 heterocycles. The van der Waals surface area contributed by atoms with Gasteiger partial charge in [-0.2, -0.15) is 0 Å². The summed E-state index contributed by atoms with van der Waals surface area (Å²) >= 11 is 1.53. The Balaban J connectivity index is 1.30. The lowest BCUT2D eigenvalue weighted by Gasteiger charge is -2.31. The Labute approximate surface area is 178 Å². The third-order valence-electron chi connectivity index (χ3n) is 5.28. The molecule has 3 aromatic rings. The van der Waals surface area contributed by atoms with Crippen LogP contribution in [0.2, 0.25) is 0 Å². The number of ether oxygens (including phenoxy) is 1. The van der Waals surface area contributed by atoms with E-state index < -0.39 is 0 Å². The monoisotopic (exact) mass is 422 g/mol. The van der Waals surface area contributed by atoms with E-state index in [0.717, 1.165) is 5.69 Å². The molecule has 0 aliphatic carbocycles. The highest BCUT2D eigenvalue weighted by atomic mass is 32.1. The number of rotatable bonds is 6. The minimum absolute atomic E-state index is 0.0309. The van der Waals surface area contributed by atoms with Crippen molar-refractivity contribution in [3.05, 3.63) is 76.2 Å². The van der Waals surface area contributed by atoms with Crippen molar-refractivity contribution < 1.29 is 19.4 Å². The van der Waals surface area contributed by atoms with Gasteiger partial charge in [-0.25, -0.2) is 4.98 Å². The van der Waals surface area contributed by atoms with Crippen LogP contribution in [0, 0.1) is 5.92 Å². The molecule has 2 aromatic carbocycles. The molecule has 0 bridgehead atoms. The van der Waals surface area contributed by atoms with Crippen molar-refractivity contribution in [1.82, 2.24) is 9.88 Å². The molecule has 0 atom stereocenters. The molecule has 30 heavy (non-hydrogen) atoms. The fourth-order valence-corrected chi connectivity index (χ4v) is 4.09. The number of carbonyl (C=O) groups is 2. The molecule has 1 amide bonds. The Bertz CT molecular complexity index is 993. The molecule has 1 N–H and O–H groups in total. The van der Waals surface area contributed by atoms with E-state index in [2.05, 4.69) is 4.98 Å². The molecular weight excluding hydrogens is 400 g/mol. The fourth-order valence-electron chi connectivity index (χ4n) is 3.55. The number of phenols is 1. The van der Waals surface area contributed by atoms with E-state index in [4.69, 9.17) is 4.74 Å². The Morgan fingerprint density at radius 3 is 2.33 bits per heavy atom. The van der Waals surface area contributed by atoms with Gasteiger partial charge in [0.1, 0.15) is 18.1 Å². The Morgan fingerprint density at radius 2 is 1.70 bits per heavy atom. The van der Waals surface area contributed by atoms with Crippen LogP contribution < -0.4 is 4.74 Å². The molecule has 1 saturated heterocycles.